The molecule has 2 heterocycles. The highest BCUT2D eigenvalue weighted by Gasteiger charge is 2.41. The third-order valence-corrected chi connectivity index (χ3v) is 4.93. The van der Waals surface area contributed by atoms with Crippen molar-refractivity contribution in [2.24, 2.45) is 5.92 Å². The Balaban J connectivity index is 1.26. The summed E-state index contributed by atoms with van der Waals surface area (Å²) in [7, 11) is 0. The quantitative estimate of drug-likeness (QED) is 0.848. The van der Waals surface area contributed by atoms with Gasteiger partial charge in [-0.3, -0.25) is 0 Å². The Morgan fingerprint density at radius 2 is 2.17 bits per heavy atom. The first-order chi connectivity index (χ1) is 11.3. The van der Waals surface area contributed by atoms with Crippen molar-refractivity contribution in [3.8, 4) is 0 Å². The molecule has 5 nitrogen and oxygen atoms in total. The van der Waals surface area contributed by atoms with Gasteiger partial charge in [0.05, 0.1) is 24.9 Å². The van der Waals surface area contributed by atoms with Gasteiger partial charge >= 0.3 is 6.03 Å². The van der Waals surface area contributed by atoms with Crippen LogP contribution in [0.15, 0.2) is 24.3 Å². The van der Waals surface area contributed by atoms with Gasteiger partial charge < -0.3 is 20.1 Å². The summed E-state index contributed by atoms with van der Waals surface area (Å²) < 4.78 is 11.5. The van der Waals surface area contributed by atoms with Gasteiger partial charge in [-0.05, 0) is 55.7 Å². The van der Waals surface area contributed by atoms with Crippen LogP contribution in [-0.2, 0) is 16.1 Å². The zero-order chi connectivity index (χ0) is 15.6. The highest BCUT2D eigenvalue weighted by molar-refractivity contribution is 5.89. The standard InChI is InChI=1S/C18H24N2O3/c21-18(20-16-9-15-6-7-17(16)23-15)19-14-3-1-2-13(8-14)11-22-10-12-4-5-12/h1-3,8,12,15-17H,4-7,9-11H2,(H2,19,20,21)/t15-,16-,17+/m1/s1. The van der Waals surface area contributed by atoms with Crippen molar-refractivity contribution in [3.05, 3.63) is 29.8 Å². The Bertz CT molecular complexity index is 573. The second-order valence-corrected chi connectivity index (χ2v) is 6.97. The first kappa shape index (κ1) is 15.0. The van der Waals surface area contributed by atoms with Crippen LogP contribution in [0.3, 0.4) is 0 Å². The van der Waals surface area contributed by atoms with Crippen molar-refractivity contribution in [2.75, 3.05) is 11.9 Å². The summed E-state index contributed by atoms with van der Waals surface area (Å²) >= 11 is 0. The van der Waals surface area contributed by atoms with E-state index in [1.165, 1.54) is 12.8 Å². The lowest BCUT2D eigenvalue weighted by Gasteiger charge is -2.20. The summed E-state index contributed by atoms with van der Waals surface area (Å²) in [5.74, 6) is 0.769. The largest absolute Gasteiger partial charge is 0.376 e. The van der Waals surface area contributed by atoms with Crippen LogP contribution in [0.1, 0.15) is 37.7 Å². The van der Waals surface area contributed by atoms with Gasteiger partial charge in [0.15, 0.2) is 0 Å². The van der Waals surface area contributed by atoms with E-state index in [-0.39, 0.29) is 18.2 Å². The Morgan fingerprint density at radius 3 is 2.91 bits per heavy atom. The van der Waals surface area contributed by atoms with Crippen molar-refractivity contribution in [2.45, 2.75) is 57.0 Å². The van der Waals surface area contributed by atoms with E-state index in [0.717, 1.165) is 43.0 Å². The molecular formula is C18H24N2O3. The summed E-state index contributed by atoms with van der Waals surface area (Å²) in [6.07, 6.45) is 6.28. The number of hydrogen-bond acceptors (Lipinski definition) is 3. The third-order valence-electron chi connectivity index (χ3n) is 4.93. The van der Waals surface area contributed by atoms with Crippen LogP contribution in [0.5, 0.6) is 0 Å². The van der Waals surface area contributed by atoms with Crippen molar-refractivity contribution in [1.29, 1.82) is 0 Å². The van der Waals surface area contributed by atoms with Crippen LogP contribution in [0, 0.1) is 5.92 Å². The summed E-state index contributed by atoms with van der Waals surface area (Å²) in [4.78, 5) is 12.2. The highest BCUT2D eigenvalue weighted by Crippen LogP contribution is 2.34. The number of nitrogens with one attached hydrogen (secondary N) is 2. The second-order valence-electron chi connectivity index (χ2n) is 6.97. The fraction of sp³-hybridized carbons (Fsp3) is 0.611. The van der Waals surface area contributed by atoms with Crippen molar-refractivity contribution in [3.63, 3.8) is 0 Å². The number of carbonyl (C=O) groups is 1. The third kappa shape index (κ3) is 3.85. The topological polar surface area (TPSA) is 59.6 Å². The van der Waals surface area contributed by atoms with Gasteiger partial charge in [0.2, 0.25) is 0 Å². The Labute approximate surface area is 136 Å². The minimum absolute atomic E-state index is 0.151. The molecule has 5 heteroatoms. The molecule has 3 atom stereocenters. The van der Waals surface area contributed by atoms with Crippen LogP contribution in [0.25, 0.3) is 0 Å². The van der Waals surface area contributed by atoms with E-state index >= 15 is 0 Å². The van der Waals surface area contributed by atoms with E-state index in [1.807, 2.05) is 24.3 Å². The Hall–Kier alpha value is -1.59. The molecule has 0 radical (unpaired) electrons. The molecule has 2 saturated heterocycles. The molecule has 23 heavy (non-hydrogen) atoms. The molecule has 0 unspecified atom stereocenters. The molecule has 1 aromatic rings. The minimum Gasteiger partial charge on any atom is -0.376 e. The summed E-state index contributed by atoms with van der Waals surface area (Å²) in [5.41, 5.74) is 1.89. The van der Waals surface area contributed by atoms with Gasteiger partial charge in [-0.25, -0.2) is 4.79 Å². The lowest BCUT2D eigenvalue weighted by atomic mass is 9.96. The van der Waals surface area contributed by atoms with E-state index in [2.05, 4.69) is 10.6 Å². The molecule has 4 rings (SSSR count). The van der Waals surface area contributed by atoms with E-state index in [0.29, 0.717) is 12.7 Å². The predicted molar refractivity (Wildman–Crippen MR) is 87.3 cm³/mol. The number of anilines is 1. The number of carbonyl (C=O) groups excluding carboxylic acids is 1. The SMILES string of the molecule is O=C(Nc1cccc(COCC2CC2)c1)N[C@@H]1C[C@H]2CC[C@@H]1O2. The first-order valence-corrected chi connectivity index (χ1v) is 8.66. The number of amides is 2. The van der Waals surface area contributed by atoms with Crippen LogP contribution in [0.4, 0.5) is 10.5 Å². The number of rotatable bonds is 6. The molecule has 2 aliphatic heterocycles. The number of fused-ring (bicyclic) bond motifs is 2. The van der Waals surface area contributed by atoms with Gasteiger partial charge in [0, 0.05) is 12.3 Å². The number of hydrogen-bond donors (Lipinski definition) is 2. The van der Waals surface area contributed by atoms with Crippen molar-refractivity contribution in [1.82, 2.24) is 5.32 Å². The predicted octanol–water partition coefficient (Wildman–Crippen LogP) is 3.05. The molecule has 0 aromatic heterocycles. The highest BCUT2D eigenvalue weighted by atomic mass is 16.5. The van der Waals surface area contributed by atoms with Crippen molar-refractivity contribution < 1.29 is 14.3 Å². The molecule has 2 amide bonds. The lowest BCUT2D eigenvalue weighted by Crippen LogP contribution is -2.43. The first-order valence-electron chi connectivity index (χ1n) is 8.66. The van der Waals surface area contributed by atoms with Crippen LogP contribution >= 0.6 is 0 Å². The number of urea groups is 1. The number of benzene rings is 1. The molecule has 1 saturated carbocycles. The summed E-state index contributed by atoms with van der Waals surface area (Å²) in [6, 6.07) is 7.86. The fourth-order valence-corrected chi connectivity index (χ4v) is 3.49. The molecule has 1 aliphatic carbocycles. The summed E-state index contributed by atoms with van der Waals surface area (Å²) in [6.45, 7) is 1.45. The fourth-order valence-electron chi connectivity index (χ4n) is 3.49. The maximum absolute atomic E-state index is 12.2. The molecule has 124 valence electrons. The van der Waals surface area contributed by atoms with Crippen LogP contribution in [-0.4, -0.2) is 30.9 Å². The zero-order valence-corrected chi connectivity index (χ0v) is 13.3. The summed E-state index contributed by atoms with van der Waals surface area (Å²) in [5, 5.41) is 5.96. The molecule has 0 spiro atoms. The molecule has 3 aliphatic rings. The van der Waals surface area contributed by atoms with Crippen LogP contribution in [0.2, 0.25) is 0 Å². The smallest absolute Gasteiger partial charge is 0.319 e. The van der Waals surface area contributed by atoms with Gasteiger partial charge in [-0.15, -0.1) is 0 Å². The van der Waals surface area contributed by atoms with Gasteiger partial charge in [-0.1, -0.05) is 12.1 Å². The van der Waals surface area contributed by atoms with Gasteiger partial charge in [0.25, 0.3) is 0 Å². The molecule has 3 fully saturated rings. The van der Waals surface area contributed by atoms with E-state index in [1.54, 1.807) is 0 Å². The second kappa shape index (κ2) is 6.49. The lowest BCUT2D eigenvalue weighted by molar-refractivity contribution is 0.0984. The van der Waals surface area contributed by atoms with E-state index < -0.39 is 0 Å². The van der Waals surface area contributed by atoms with Crippen molar-refractivity contribution >= 4 is 11.7 Å². The maximum Gasteiger partial charge on any atom is 0.319 e. The molecule has 2 bridgehead atoms. The molecule has 1 aromatic carbocycles. The average Bonchev–Trinajstić information content (AvgIpc) is 3.12. The van der Waals surface area contributed by atoms with E-state index in [9.17, 15) is 4.79 Å². The molecule has 2 N–H and O–H groups in total. The normalized spacial score (nSPS) is 28.8. The Morgan fingerprint density at radius 1 is 1.26 bits per heavy atom. The maximum atomic E-state index is 12.2. The van der Waals surface area contributed by atoms with Gasteiger partial charge in [-0.2, -0.15) is 0 Å². The Kier molecular flexibility index (Phi) is 4.23. The minimum atomic E-state index is -0.151. The van der Waals surface area contributed by atoms with E-state index in [4.69, 9.17) is 9.47 Å². The van der Waals surface area contributed by atoms with Gasteiger partial charge in [0.1, 0.15) is 0 Å². The van der Waals surface area contributed by atoms with Crippen LogP contribution < -0.4 is 10.6 Å². The number of ether oxygens (including phenoxy) is 2. The zero-order valence-electron chi connectivity index (χ0n) is 13.3. The monoisotopic (exact) mass is 316 g/mol. The average molecular weight is 316 g/mol. The molecular weight excluding hydrogens is 292 g/mol.